The van der Waals surface area contributed by atoms with Gasteiger partial charge in [0.1, 0.15) is 18.0 Å². The van der Waals surface area contributed by atoms with Crippen molar-refractivity contribution in [2.45, 2.75) is 32.1 Å². The van der Waals surface area contributed by atoms with Crippen LogP contribution in [0.15, 0.2) is 12.4 Å². The third kappa shape index (κ3) is 3.58. The Bertz CT molecular complexity index is 345. The Morgan fingerprint density at radius 2 is 2.00 bits per heavy atom. The van der Waals surface area contributed by atoms with Gasteiger partial charge in [0.15, 0.2) is 0 Å². The first-order valence-corrected chi connectivity index (χ1v) is 6.49. The van der Waals surface area contributed by atoms with Crippen molar-refractivity contribution in [2.75, 3.05) is 30.9 Å². The molecular weight excluding hydrogens is 212 g/mol. The van der Waals surface area contributed by atoms with Crippen LogP contribution in [-0.4, -0.2) is 30.6 Å². The van der Waals surface area contributed by atoms with E-state index in [1.54, 1.807) is 6.33 Å². The van der Waals surface area contributed by atoms with Crippen LogP contribution in [-0.2, 0) is 0 Å². The molecule has 1 aliphatic carbocycles. The molecule has 17 heavy (non-hydrogen) atoms. The van der Waals surface area contributed by atoms with E-state index in [2.05, 4.69) is 15.3 Å². The number of hydrogen-bond donors (Lipinski definition) is 1. The summed E-state index contributed by atoms with van der Waals surface area (Å²) in [5.74, 6) is 2.71. The molecule has 0 atom stereocenters. The normalized spacial score (nSPS) is 16.8. The fourth-order valence-electron chi connectivity index (χ4n) is 2.33. The molecule has 1 aromatic heterocycles. The van der Waals surface area contributed by atoms with Crippen LogP contribution in [0.4, 0.5) is 11.6 Å². The summed E-state index contributed by atoms with van der Waals surface area (Å²) in [6, 6.07) is 2.00. The maximum absolute atomic E-state index is 4.26. The Kier molecular flexibility index (Phi) is 4.18. The molecule has 1 saturated carbocycles. The van der Waals surface area contributed by atoms with Crippen molar-refractivity contribution in [1.82, 2.24) is 9.97 Å². The third-order valence-corrected chi connectivity index (χ3v) is 3.41. The number of rotatable bonds is 4. The van der Waals surface area contributed by atoms with Crippen LogP contribution in [0, 0.1) is 5.92 Å². The van der Waals surface area contributed by atoms with Crippen LogP contribution >= 0.6 is 0 Å². The van der Waals surface area contributed by atoms with E-state index in [4.69, 9.17) is 0 Å². The summed E-state index contributed by atoms with van der Waals surface area (Å²) in [7, 11) is 3.99. The molecule has 0 aromatic carbocycles. The molecule has 4 nitrogen and oxygen atoms in total. The summed E-state index contributed by atoms with van der Waals surface area (Å²) in [5, 5.41) is 3.43. The average molecular weight is 234 g/mol. The molecule has 1 fully saturated rings. The van der Waals surface area contributed by atoms with Gasteiger partial charge in [-0.3, -0.25) is 0 Å². The predicted molar refractivity (Wildman–Crippen MR) is 71.4 cm³/mol. The van der Waals surface area contributed by atoms with Gasteiger partial charge >= 0.3 is 0 Å². The molecule has 1 aliphatic rings. The zero-order valence-corrected chi connectivity index (χ0v) is 10.8. The van der Waals surface area contributed by atoms with Crippen molar-refractivity contribution >= 4 is 11.6 Å². The first-order chi connectivity index (χ1) is 8.25. The Balaban J connectivity index is 1.87. The standard InChI is InChI=1S/C13H22N4/c1-17(2)13-8-12(15-10-16-13)14-9-11-6-4-3-5-7-11/h8,10-11H,3-7,9H2,1-2H3,(H,14,15,16). The fourth-order valence-corrected chi connectivity index (χ4v) is 2.33. The number of hydrogen-bond acceptors (Lipinski definition) is 4. The third-order valence-electron chi connectivity index (χ3n) is 3.41. The van der Waals surface area contributed by atoms with Gasteiger partial charge in [-0.05, 0) is 18.8 Å². The molecule has 0 spiro atoms. The Hall–Kier alpha value is -1.32. The summed E-state index contributed by atoms with van der Waals surface area (Å²) >= 11 is 0. The predicted octanol–water partition coefficient (Wildman–Crippen LogP) is 2.53. The minimum absolute atomic E-state index is 0.821. The van der Waals surface area contributed by atoms with Crippen molar-refractivity contribution in [1.29, 1.82) is 0 Å². The molecule has 0 saturated heterocycles. The lowest BCUT2D eigenvalue weighted by atomic mass is 9.89. The van der Waals surface area contributed by atoms with E-state index in [0.29, 0.717) is 0 Å². The first kappa shape index (κ1) is 12.1. The Morgan fingerprint density at radius 3 is 2.71 bits per heavy atom. The van der Waals surface area contributed by atoms with Gasteiger partial charge in [-0.2, -0.15) is 0 Å². The van der Waals surface area contributed by atoms with Crippen molar-refractivity contribution in [3.8, 4) is 0 Å². The molecule has 4 heteroatoms. The zero-order valence-electron chi connectivity index (χ0n) is 10.8. The molecule has 0 bridgehead atoms. The van der Waals surface area contributed by atoms with Gasteiger partial charge in [0.25, 0.3) is 0 Å². The number of anilines is 2. The summed E-state index contributed by atoms with van der Waals surface area (Å²) in [4.78, 5) is 10.5. The van der Waals surface area contributed by atoms with E-state index in [1.807, 2.05) is 25.1 Å². The van der Waals surface area contributed by atoms with Crippen molar-refractivity contribution in [3.63, 3.8) is 0 Å². The minimum atomic E-state index is 0.821. The van der Waals surface area contributed by atoms with Gasteiger partial charge in [0.2, 0.25) is 0 Å². The maximum Gasteiger partial charge on any atom is 0.133 e. The summed E-state index contributed by atoms with van der Waals surface area (Å²) in [5.41, 5.74) is 0. The average Bonchev–Trinajstić information content (AvgIpc) is 2.38. The topological polar surface area (TPSA) is 41.0 Å². The largest absolute Gasteiger partial charge is 0.370 e. The monoisotopic (exact) mass is 234 g/mol. The van der Waals surface area contributed by atoms with Crippen LogP contribution in [0.5, 0.6) is 0 Å². The second-order valence-electron chi connectivity index (χ2n) is 5.04. The van der Waals surface area contributed by atoms with Gasteiger partial charge in [-0.15, -0.1) is 0 Å². The van der Waals surface area contributed by atoms with Crippen LogP contribution in [0.2, 0.25) is 0 Å². The van der Waals surface area contributed by atoms with E-state index in [1.165, 1.54) is 32.1 Å². The minimum Gasteiger partial charge on any atom is -0.370 e. The molecule has 0 radical (unpaired) electrons. The first-order valence-electron chi connectivity index (χ1n) is 6.49. The Morgan fingerprint density at radius 1 is 1.24 bits per heavy atom. The molecule has 1 heterocycles. The molecular formula is C13H22N4. The van der Waals surface area contributed by atoms with Gasteiger partial charge in [0, 0.05) is 26.7 Å². The molecule has 2 rings (SSSR count). The number of aromatic nitrogens is 2. The van der Waals surface area contributed by atoms with Gasteiger partial charge in [-0.25, -0.2) is 9.97 Å². The maximum atomic E-state index is 4.26. The van der Waals surface area contributed by atoms with E-state index >= 15 is 0 Å². The molecule has 0 amide bonds. The lowest BCUT2D eigenvalue weighted by Gasteiger charge is -2.22. The number of nitrogens with zero attached hydrogens (tertiary/aromatic N) is 3. The number of nitrogens with one attached hydrogen (secondary N) is 1. The SMILES string of the molecule is CN(C)c1cc(NCC2CCCCC2)ncn1. The summed E-state index contributed by atoms with van der Waals surface area (Å²) in [6.45, 7) is 1.05. The van der Waals surface area contributed by atoms with Crippen molar-refractivity contribution in [3.05, 3.63) is 12.4 Å². The highest BCUT2D eigenvalue weighted by Crippen LogP contribution is 2.23. The molecule has 0 aliphatic heterocycles. The fraction of sp³-hybridized carbons (Fsp3) is 0.692. The lowest BCUT2D eigenvalue weighted by molar-refractivity contribution is 0.373. The summed E-state index contributed by atoms with van der Waals surface area (Å²) < 4.78 is 0. The van der Waals surface area contributed by atoms with Crippen molar-refractivity contribution < 1.29 is 0 Å². The lowest BCUT2D eigenvalue weighted by Crippen LogP contribution is -2.18. The highest BCUT2D eigenvalue weighted by atomic mass is 15.2. The van der Waals surface area contributed by atoms with Crippen LogP contribution in [0.1, 0.15) is 32.1 Å². The highest BCUT2D eigenvalue weighted by Gasteiger charge is 2.13. The van der Waals surface area contributed by atoms with Crippen molar-refractivity contribution in [2.24, 2.45) is 5.92 Å². The highest BCUT2D eigenvalue weighted by molar-refractivity contribution is 5.47. The second-order valence-corrected chi connectivity index (χ2v) is 5.04. The molecule has 94 valence electrons. The van der Waals surface area contributed by atoms with Crippen LogP contribution < -0.4 is 10.2 Å². The van der Waals surface area contributed by atoms with E-state index < -0.39 is 0 Å². The van der Waals surface area contributed by atoms with Gasteiger partial charge in [-0.1, -0.05) is 19.3 Å². The molecule has 1 aromatic rings. The quantitative estimate of drug-likeness (QED) is 0.869. The second kappa shape index (κ2) is 5.84. The Labute approximate surface area is 103 Å². The molecule has 0 unspecified atom stereocenters. The summed E-state index contributed by atoms with van der Waals surface area (Å²) in [6.07, 6.45) is 8.53. The van der Waals surface area contributed by atoms with E-state index in [9.17, 15) is 0 Å². The smallest absolute Gasteiger partial charge is 0.133 e. The van der Waals surface area contributed by atoms with E-state index in [-0.39, 0.29) is 0 Å². The van der Waals surface area contributed by atoms with Crippen LogP contribution in [0.25, 0.3) is 0 Å². The van der Waals surface area contributed by atoms with Crippen LogP contribution in [0.3, 0.4) is 0 Å². The van der Waals surface area contributed by atoms with Gasteiger partial charge < -0.3 is 10.2 Å². The molecule has 1 N–H and O–H groups in total. The van der Waals surface area contributed by atoms with E-state index in [0.717, 1.165) is 24.1 Å². The zero-order chi connectivity index (χ0) is 12.1. The van der Waals surface area contributed by atoms with Gasteiger partial charge in [0.05, 0.1) is 0 Å².